The number of allylic oxidation sites excluding steroid dienone is 1. The minimum Gasteiger partial charge on any atom is -0.466 e. The molecule has 3 N–H and O–H groups in total. The van der Waals surface area contributed by atoms with Crippen LogP contribution in [-0.4, -0.2) is 35.6 Å². The Morgan fingerprint density at radius 2 is 2.25 bits per heavy atom. The summed E-state index contributed by atoms with van der Waals surface area (Å²) in [5.74, 6) is -2.09. The number of nitrogens with one attached hydrogen (secondary N) is 1. The topological polar surface area (TPSA) is 140 Å². The van der Waals surface area contributed by atoms with E-state index in [2.05, 4.69) is 15.0 Å². The van der Waals surface area contributed by atoms with Crippen molar-refractivity contribution in [2.75, 3.05) is 14.2 Å². The SMILES string of the molecule is CNC(=O)C1=c2s/c(=C\C(=O)OC)c(=O)n2C(N)=C(C#N)[C@H]1c1cccnc1. The van der Waals surface area contributed by atoms with E-state index < -0.39 is 23.4 Å². The molecule has 10 heteroatoms. The van der Waals surface area contributed by atoms with Gasteiger partial charge in [0.15, 0.2) is 0 Å². The molecule has 1 aliphatic heterocycles. The van der Waals surface area contributed by atoms with Crippen LogP contribution in [0.5, 0.6) is 0 Å². The third kappa shape index (κ3) is 2.97. The van der Waals surface area contributed by atoms with Crippen molar-refractivity contribution in [2.45, 2.75) is 5.92 Å². The zero-order chi connectivity index (χ0) is 20.4. The zero-order valence-corrected chi connectivity index (χ0v) is 15.7. The maximum Gasteiger partial charge on any atom is 0.332 e. The molecule has 2 aromatic rings. The summed E-state index contributed by atoms with van der Waals surface area (Å²) in [4.78, 5) is 41.2. The highest BCUT2D eigenvalue weighted by Gasteiger charge is 2.35. The average molecular weight is 397 g/mol. The number of esters is 1. The predicted molar refractivity (Wildman–Crippen MR) is 102 cm³/mol. The molecule has 0 aromatic carbocycles. The van der Waals surface area contributed by atoms with Crippen molar-refractivity contribution in [3.8, 4) is 6.07 Å². The van der Waals surface area contributed by atoms with Crippen LogP contribution in [0.1, 0.15) is 11.5 Å². The number of fused-ring (bicyclic) bond motifs is 1. The van der Waals surface area contributed by atoms with Gasteiger partial charge in [0.2, 0.25) is 0 Å². The summed E-state index contributed by atoms with van der Waals surface area (Å²) in [6.07, 6.45) is 4.12. The van der Waals surface area contributed by atoms with E-state index in [1.807, 2.05) is 6.07 Å². The van der Waals surface area contributed by atoms with E-state index in [1.165, 1.54) is 20.4 Å². The van der Waals surface area contributed by atoms with Gasteiger partial charge in [0, 0.05) is 25.5 Å². The van der Waals surface area contributed by atoms with E-state index >= 15 is 0 Å². The zero-order valence-electron chi connectivity index (χ0n) is 14.9. The van der Waals surface area contributed by atoms with Crippen molar-refractivity contribution in [3.63, 3.8) is 0 Å². The molecule has 28 heavy (non-hydrogen) atoms. The lowest BCUT2D eigenvalue weighted by Crippen LogP contribution is -2.41. The maximum absolute atomic E-state index is 12.8. The third-order valence-electron chi connectivity index (χ3n) is 4.21. The molecule has 0 unspecified atom stereocenters. The number of rotatable bonds is 3. The highest BCUT2D eigenvalue weighted by atomic mass is 32.1. The minimum atomic E-state index is -0.803. The number of nitrogens with two attached hydrogens (primary N) is 1. The summed E-state index contributed by atoms with van der Waals surface area (Å²) in [7, 11) is 2.63. The molecule has 9 nitrogen and oxygen atoms in total. The highest BCUT2D eigenvalue weighted by molar-refractivity contribution is 7.07. The van der Waals surface area contributed by atoms with Crippen molar-refractivity contribution in [3.05, 3.63) is 55.2 Å². The molecule has 1 amide bonds. The molecule has 3 rings (SSSR count). The lowest BCUT2D eigenvalue weighted by Gasteiger charge is -2.24. The normalized spacial score (nSPS) is 16.4. The van der Waals surface area contributed by atoms with Gasteiger partial charge in [0.1, 0.15) is 15.0 Å². The number of pyridine rings is 1. The van der Waals surface area contributed by atoms with Crippen molar-refractivity contribution in [1.29, 1.82) is 5.26 Å². The van der Waals surface area contributed by atoms with Gasteiger partial charge in [-0.15, -0.1) is 11.3 Å². The Hall–Kier alpha value is -3.71. The fourth-order valence-electron chi connectivity index (χ4n) is 2.95. The Balaban J connectivity index is 2.49. The summed E-state index contributed by atoms with van der Waals surface area (Å²) in [5, 5.41) is 12.3. The summed E-state index contributed by atoms with van der Waals surface area (Å²) in [6.45, 7) is 0. The van der Waals surface area contributed by atoms with Gasteiger partial charge >= 0.3 is 5.97 Å². The summed E-state index contributed by atoms with van der Waals surface area (Å²) in [6, 6.07) is 5.40. The highest BCUT2D eigenvalue weighted by Crippen LogP contribution is 2.35. The van der Waals surface area contributed by atoms with Crippen LogP contribution in [0, 0.1) is 11.3 Å². The number of thiazole rings is 1. The number of ether oxygens (including phenoxy) is 1. The van der Waals surface area contributed by atoms with Crippen LogP contribution >= 0.6 is 11.3 Å². The fourth-order valence-corrected chi connectivity index (χ4v) is 4.08. The van der Waals surface area contributed by atoms with Crippen molar-refractivity contribution < 1.29 is 14.3 Å². The number of carbonyl (C=O) groups excluding carboxylic acids is 2. The van der Waals surface area contributed by atoms with E-state index in [-0.39, 0.29) is 26.2 Å². The second-order valence-electron chi connectivity index (χ2n) is 5.70. The van der Waals surface area contributed by atoms with Crippen LogP contribution in [0.15, 0.2) is 34.9 Å². The molecule has 3 heterocycles. The predicted octanol–water partition coefficient (Wildman–Crippen LogP) is -1.40. The minimum absolute atomic E-state index is 0.0373. The Bertz CT molecular complexity index is 1220. The Morgan fingerprint density at radius 1 is 1.50 bits per heavy atom. The molecule has 0 bridgehead atoms. The van der Waals surface area contributed by atoms with Crippen LogP contribution < -0.4 is 25.8 Å². The molecule has 142 valence electrons. The number of nitrogens with zero attached hydrogens (tertiary/aromatic N) is 3. The largest absolute Gasteiger partial charge is 0.466 e. The number of aromatic nitrogens is 2. The number of amides is 1. The Labute approximate surface area is 162 Å². The molecule has 0 saturated heterocycles. The first-order valence-electron chi connectivity index (χ1n) is 8.02. The maximum atomic E-state index is 12.8. The molecule has 0 radical (unpaired) electrons. The summed E-state index contributed by atoms with van der Waals surface area (Å²) < 4.78 is 5.93. The number of hydrogen-bond acceptors (Lipinski definition) is 8. The number of hydrogen-bond donors (Lipinski definition) is 2. The molecule has 0 saturated carbocycles. The van der Waals surface area contributed by atoms with Gasteiger partial charge in [-0.2, -0.15) is 5.26 Å². The lowest BCUT2D eigenvalue weighted by molar-refractivity contribution is -0.133. The van der Waals surface area contributed by atoms with Gasteiger partial charge in [-0.3, -0.25) is 19.1 Å². The Morgan fingerprint density at radius 3 is 2.82 bits per heavy atom. The first-order valence-corrected chi connectivity index (χ1v) is 8.84. The van der Waals surface area contributed by atoms with Crippen LogP contribution in [0.2, 0.25) is 0 Å². The van der Waals surface area contributed by atoms with Gasteiger partial charge in [0.25, 0.3) is 11.5 Å². The molecule has 0 spiro atoms. The number of methoxy groups -OCH3 is 1. The lowest BCUT2D eigenvalue weighted by atomic mass is 9.84. The van der Waals surface area contributed by atoms with Crippen LogP contribution in [0.3, 0.4) is 0 Å². The van der Waals surface area contributed by atoms with Crippen molar-refractivity contribution in [1.82, 2.24) is 14.9 Å². The van der Waals surface area contributed by atoms with E-state index in [0.29, 0.717) is 5.56 Å². The Kier molecular flexibility index (Phi) is 5.10. The number of carbonyl (C=O) groups is 2. The van der Waals surface area contributed by atoms with Crippen molar-refractivity contribution in [2.24, 2.45) is 5.73 Å². The standard InChI is InChI=1S/C18H15N5O4S/c1-21-16(25)14-13(9-4-3-5-22-8-9)10(7-19)15(20)23-17(26)11(28-18(14)23)6-12(24)27-2/h3-6,8,13H,20H2,1-2H3,(H,21,25)/b11-6-/t13-/m1/s1. The second-order valence-corrected chi connectivity index (χ2v) is 6.73. The second kappa shape index (κ2) is 7.50. The molecule has 2 aromatic heterocycles. The molecule has 0 fully saturated rings. The van der Waals surface area contributed by atoms with Gasteiger partial charge in [-0.25, -0.2) is 4.79 Å². The van der Waals surface area contributed by atoms with Gasteiger partial charge in [0.05, 0.1) is 30.2 Å². The molecular weight excluding hydrogens is 382 g/mol. The van der Waals surface area contributed by atoms with Crippen LogP contribution in [0.25, 0.3) is 17.5 Å². The monoisotopic (exact) mass is 397 g/mol. The molecular formula is C18H15N5O4S. The quantitative estimate of drug-likeness (QED) is 0.607. The van der Waals surface area contributed by atoms with Crippen LogP contribution in [0.4, 0.5) is 0 Å². The van der Waals surface area contributed by atoms with Gasteiger partial charge < -0.3 is 15.8 Å². The molecule has 1 aliphatic rings. The van der Waals surface area contributed by atoms with E-state index in [4.69, 9.17) is 5.73 Å². The van der Waals surface area contributed by atoms with E-state index in [9.17, 15) is 19.6 Å². The third-order valence-corrected chi connectivity index (χ3v) is 5.32. The number of nitriles is 1. The smallest absolute Gasteiger partial charge is 0.332 e. The molecule has 0 aliphatic carbocycles. The molecule has 1 atom stereocenters. The average Bonchev–Trinajstić information content (AvgIpc) is 3.03. The van der Waals surface area contributed by atoms with Gasteiger partial charge in [-0.1, -0.05) is 6.07 Å². The summed E-state index contributed by atoms with van der Waals surface area (Å²) in [5.41, 5.74) is 6.33. The summed E-state index contributed by atoms with van der Waals surface area (Å²) >= 11 is 0.924. The van der Waals surface area contributed by atoms with Crippen LogP contribution in [-0.2, 0) is 14.3 Å². The first kappa shape index (κ1) is 19.1. The van der Waals surface area contributed by atoms with E-state index in [1.54, 1.807) is 18.3 Å². The van der Waals surface area contributed by atoms with E-state index in [0.717, 1.165) is 22.0 Å². The van der Waals surface area contributed by atoms with Crippen molar-refractivity contribution >= 4 is 40.7 Å². The first-order chi connectivity index (χ1) is 13.4. The van der Waals surface area contributed by atoms with Gasteiger partial charge in [-0.05, 0) is 11.6 Å². The fraction of sp³-hybridized carbons (Fsp3) is 0.167.